The average Bonchev–Trinajstić information content (AvgIpc) is 2.75. The van der Waals surface area contributed by atoms with Crippen LogP contribution in [0.3, 0.4) is 0 Å². The number of hydrogen-bond donors (Lipinski definition) is 2. The molecule has 1 aromatic rings. The Morgan fingerprint density at radius 2 is 2.40 bits per heavy atom. The highest BCUT2D eigenvalue weighted by Gasteiger charge is 2.22. The van der Waals surface area contributed by atoms with Gasteiger partial charge in [0.25, 0.3) is 0 Å². The van der Waals surface area contributed by atoms with Crippen LogP contribution in [-0.4, -0.2) is 28.7 Å². The molecule has 1 atom stereocenters. The molecule has 2 rings (SSSR count). The van der Waals surface area contributed by atoms with Gasteiger partial charge in [0.05, 0.1) is 6.04 Å². The first-order valence-corrected chi connectivity index (χ1v) is 5.42. The molecule has 0 aromatic carbocycles. The molecule has 1 saturated heterocycles. The van der Waals surface area contributed by atoms with E-state index in [1.165, 1.54) is 11.3 Å². The molecule has 1 amide bonds. The number of carbonyl (C=O) groups is 1. The van der Waals surface area contributed by atoms with Gasteiger partial charge in [-0.1, -0.05) is 11.3 Å². The highest BCUT2D eigenvalue weighted by Crippen LogP contribution is 2.15. The molecule has 1 fully saturated rings. The summed E-state index contributed by atoms with van der Waals surface area (Å²) in [5.41, 5.74) is 0. The molecule has 2 heterocycles. The van der Waals surface area contributed by atoms with E-state index in [9.17, 15) is 4.79 Å². The van der Waals surface area contributed by atoms with Crippen molar-refractivity contribution in [2.75, 3.05) is 11.9 Å². The molecule has 0 saturated carbocycles. The molecule has 1 unspecified atom stereocenters. The summed E-state index contributed by atoms with van der Waals surface area (Å²) in [4.78, 5) is 11.6. The van der Waals surface area contributed by atoms with Crippen LogP contribution >= 0.6 is 23.7 Å². The zero-order valence-corrected chi connectivity index (χ0v) is 9.95. The predicted molar refractivity (Wildman–Crippen MR) is 61.5 cm³/mol. The predicted octanol–water partition coefficient (Wildman–Crippen LogP) is 0.959. The lowest BCUT2D eigenvalue weighted by atomic mass is 10.2. The molecule has 2 N–H and O–H groups in total. The number of nitrogens with zero attached hydrogens (tertiary/aromatic N) is 2. The van der Waals surface area contributed by atoms with Crippen LogP contribution in [0.1, 0.15) is 17.8 Å². The maximum absolute atomic E-state index is 11.6. The lowest BCUT2D eigenvalue weighted by Gasteiger charge is -2.07. The number of carbonyl (C=O) groups excluding carboxylic acids is 1. The molecule has 1 aliphatic heterocycles. The van der Waals surface area contributed by atoms with Crippen LogP contribution in [0.25, 0.3) is 0 Å². The van der Waals surface area contributed by atoms with Gasteiger partial charge >= 0.3 is 0 Å². The van der Waals surface area contributed by atoms with Gasteiger partial charge in [0.1, 0.15) is 5.01 Å². The third-order valence-electron chi connectivity index (χ3n) is 2.13. The number of hydrogen-bond acceptors (Lipinski definition) is 5. The smallest absolute Gasteiger partial charge is 0.243 e. The fourth-order valence-electron chi connectivity index (χ4n) is 1.45. The van der Waals surface area contributed by atoms with Crippen molar-refractivity contribution < 1.29 is 4.79 Å². The molecule has 0 bridgehead atoms. The van der Waals surface area contributed by atoms with E-state index in [0.717, 1.165) is 24.4 Å². The first-order valence-electron chi connectivity index (χ1n) is 4.60. The van der Waals surface area contributed by atoms with Crippen LogP contribution in [-0.2, 0) is 4.79 Å². The van der Waals surface area contributed by atoms with Gasteiger partial charge in [-0.25, -0.2) is 0 Å². The van der Waals surface area contributed by atoms with Crippen molar-refractivity contribution in [3.63, 3.8) is 0 Å². The summed E-state index contributed by atoms with van der Waals surface area (Å²) in [6, 6.07) is -0.0563. The number of nitrogens with one attached hydrogen (secondary N) is 2. The van der Waals surface area contributed by atoms with Gasteiger partial charge < -0.3 is 5.32 Å². The molecular weight excluding hydrogens is 236 g/mol. The van der Waals surface area contributed by atoms with Crippen LogP contribution < -0.4 is 10.6 Å². The third-order valence-corrected chi connectivity index (χ3v) is 2.89. The van der Waals surface area contributed by atoms with E-state index in [2.05, 4.69) is 20.8 Å². The number of rotatable bonds is 2. The normalized spacial score (nSPS) is 19.7. The fraction of sp³-hybridized carbons (Fsp3) is 0.625. The summed E-state index contributed by atoms with van der Waals surface area (Å²) >= 11 is 1.39. The van der Waals surface area contributed by atoms with Crippen molar-refractivity contribution in [3.8, 4) is 0 Å². The summed E-state index contributed by atoms with van der Waals surface area (Å²) < 4.78 is 0. The summed E-state index contributed by atoms with van der Waals surface area (Å²) in [5, 5.41) is 15.0. The highest BCUT2D eigenvalue weighted by molar-refractivity contribution is 7.15. The second-order valence-corrected chi connectivity index (χ2v) is 4.45. The van der Waals surface area contributed by atoms with Crippen molar-refractivity contribution in [3.05, 3.63) is 5.01 Å². The van der Waals surface area contributed by atoms with Gasteiger partial charge in [0.2, 0.25) is 11.0 Å². The topological polar surface area (TPSA) is 66.9 Å². The van der Waals surface area contributed by atoms with E-state index in [1.807, 2.05) is 6.92 Å². The minimum absolute atomic E-state index is 0. The van der Waals surface area contributed by atoms with Crippen LogP contribution in [0.15, 0.2) is 0 Å². The first-order chi connectivity index (χ1) is 6.75. The van der Waals surface area contributed by atoms with Crippen LogP contribution in [0.5, 0.6) is 0 Å². The Hall–Kier alpha value is -0.720. The van der Waals surface area contributed by atoms with E-state index in [0.29, 0.717) is 5.13 Å². The SMILES string of the molecule is Cc1nnc(NC(=O)C2CCCN2)s1.Cl. The summed E-state index contributed by atoms with van der Waals surface area (Å²) in [6.07, 6.45) is 1.97. The second-order valence-electron chi connectivity index (χ2n) is 3.26. The van der Waals surface area contributed by atoms with Crippen molar-refractivity contribution in [2.24, 2.45) is 0 Å². The fourth-order valence-corrected chi connectivity index (χ4v) is 2.04. The van der Waals surface area contributed by atoms with E-state index in [4.69, 9.17) is 0 Å². The first kappa shape index (κ1) is 12.4. The van der Waals surface area contributed by atoms with E-state index in [-0.39, 0.29) is 24.4 Å². The zero-order valence-electron chi connectivity index (χ0n) is 8.32. The Kier molecular flexibility index (Phi) is 4.44. The van der Waals surface area contributed by atoms with Crippen molar-refractivity contribution in [1.82, 2.24) is 15.5 Å². The van der Waals surface area contributed by atoms with Gasteiger partial charge in [-0.2, -0.15) is 0 Å². The number of halogens is 1. The Balaban J connectivity index is 0.00000112. The third kappa shape index (κ3) is 3.12. The van der Waals surface area contributed by atoms with E-state index >= 15 is 0 Å². The molecule has 1 aliphatic rings. The second kappa shape index (κ2) is 5.39. The number of anilines is 1. The van der Waals surface area contributed by atoms with Crippen molar-refractivity contribution >= 4 is 34.8 Å². The van der Waals surface area contributed by atoms with E-state index in [1.54, 1.807) is 0 Å². The monoisotopic (exact) mass is 248 g/mol. The van der Waals surface area contributed by atoms with Gasteiger partial charge in [0.15, 0.2) is 0 Å². The van der Waals surface area contributed by atoms with Gasteiger partial charge in [-0.3, -0.25) is 10.1 Å². The minimum atomic E-state index is -0.0563. The number of aromatic nitrogens is 2. The molecule has 0 aliphatic carbocycles. The molecule has 5 nitrogen and oxygen atoms in total. The van der Waals surface area contributed by atoms with Gasteiger partial charge in [-0.05, 0) is 26.3 Å². The Morgan fingerprint density at radius 3 is 2.93 bits per heavy atom. The van der Waals surface area contributed by atoms with Crippen LogP contribution in [0.4, 0.5) is 5.13 Å². The number of amides is 1. The Labute approximate surface area is 98.1 Å². The maximum Gasteiger partial charge on any atom is 0.243 e. The molecule has 0 spiro atoms. The van der Waals surface area contributed by atoms with Crippen molar-refractivity contribution in [1.29, 1.82) is 0 Å². The Morgan fingerprint density at radius 1 is 1.60 bits per heavy atom. The lowest BCUT2D eigenvalue weighted by molar-refractivity contribution is -0.117. The zero-order chi connectivity index (χ0) is 9.97. The van der Waals surface area contributed by atoms with Crippen LogP contribution in [0, 0.1) is 6.92 Å². The molecule has 84 valence electrons. The highest BCUT2D eigenvalue weighted by atomic mass is 35.5. The van der Waals surface area contributed by atoms with Crippen molar-refractivity contribution in [2.45, 2.75) is 25.8 Å². The number of aryl methyl sites for hydroxylation is 1. The quantitative estimate of drug-likeness (QED) is 0.818. The molecule has 15 heavy (non-hydrogen) atoms. The standard InChI is InChI=1S/C8H12N4OS.ClH/c1-5-11-12-8(14-5)10-7(13)6-3-2-4-9-6;/h6,9H,2-4H2,1H3,(H,10,12,13);1H. The molecule has 7 heteroatoms. The molecule has 0 radical (unpaired) electrons. The summed E-state index contributed by atoms with van der Waals surface area (Å²) in [7, 11) is 0. The Bertz CT molecular complexity index is 337. The van der Waals surface area contributed by atoms with Gasteiger partial charge in [-0.15, -0.1) is 22.6 Å². The molecule has 1 aromatic heterocycles. The van der Waals surface area contributed by atoms with E-state index < -0.39 is 0 Å². The average molecular weight is 249 g/mol. The maximum atomic E-state index is 11.6. The summed E-state index contributed by atoms with van der Waals surface area (Å²) in [6.45, 7) is 2.79. The minimum Gasteiger partial charge on any atom is -0.306 e. The lowest BCUT2D eigenvalue weighted by Crippen LogP contribution is -2.35. The van der Waals surface area contributed by atoms with Gasteiger partial charge in [0, 0.05) is 0 Å². The largest absolute Gasteiger partial charge is 0.306 e. The molecular formula is C8H13ClN4OS. The van der Waals surface area contributed by atoms with Crippen LogP contribution in [0.2, 0.25) is 0 Å². The summed E-state index contributed by atoms with van der Waals surface area (Å²) in [5.74, 6) is -0.00125.